The molecule has 5 atom stereocenters. The molecule has 1 aromatic rings. The molecule has 0 spiro atoms. The van der Waals surface area contributed by atoms with Gasteiger partial charge in [0.25, 0.3) is 0 Å². The first kappa shape index (κ1) is 21.3. The third kappa shape index (κ3) is 4.83. The fourth-order valence-corrected chi connectivity index (χ4v) is 3.65. The maximum atomic E-state index is 12.7. The molecule has 1 aromatic carbocycles. The molecular formula is C21H28O6. The zero-order valence-corrected chi connectivity index (χ0v) is 15.8. The molecule has 2 N–H and O–H groups in total. The van der Waals surface area contributed by atoms with Crippen LogP contribution in [-0.2, 0) is 25.7 Å². The summed E-state index contributed by atoms with van der Waals surface area (Å²) in [5.41, 5.74) is -0.929. The third-order valence-electron chi connectivity index (χ3n) is 5.09. The van der Waals surface area contributed by atoms with Crippen LogP contribution in [0.25, 0.3) is 0 Å². The van der Waals surface area contributed by atoms with Gasteiger partial charge >= 0.3 is 5.97 Å². The molecule has 1 fully saturated rings. The summed E-state index contributed by atoms with van der Waals surface area (Å²) >= 11 is 0. The number of aliphatic hydroxyl groups excluding tert-OH is 1. The zero-order chi connectivity index (χ0) is 20.0. The van der Waals surface area contributed by atoms with Crippen LogP contribution in [0, 0.1) is 11.8 Å². The quantitative estimate of drug-likeness (QED) is 0.410. The van der Waals surface area contributed by atoms with E-state index < -0.39 is 47.8 Å². The van der Waals surface area contributed by atoms with E-state index in [0.717, 1.165) is 5.56 Å². The molecule has 6 heteroatoms. The highest BCUT2D eigenvalue weighted by Crippen LogP contribution is 2.41. The van der Waals surface area contributed by atoms with Crippen LogP contribution in [0.3, 0.4) is 0 Å². The molecule has 148 valence electrons. The number of esters is 1. The second-order valence-electron chi connectivity index (χ2n) is 7.02. The number of carbonyl (C=O) groups is 2. The Labute approximate surface area is 159 Å². The molecule has 27 heavy (non-hydrogen) atoms. The maximum Gasteiger partial charge on any atom is 0.313 e. The van der Waals surface area contributed by atoms with Crippen molar-refractivity contribution in [3.8, 4) is 0 Å². The van der Waals surface area contributed by atoms with Gasteiger partial charge in [0.2, 0.25) is 0 Å². The molecule has 0 bridgehead atoms. The van der Waals surface area contributed by atoms with Gasteiger partial charge < -0.3 is 19.7 Å². The number of ether oxygens (including phenoxy) is 2. The summed E-state index contributed by atoms with van der Waals surface area (Å²) in [7, 11) is 0. The topological polar surface area (TPSA) is 93.1 Å². The monoisotopic (exact) mass is 376 g/mol. The predicted molar refractivity (Wildman–Crippen MR) is 99.7 cm³/mol. The first-order valence-electron chi connectivity index (χ1n) is 9.21. The molecule has 1 aliphatic carbocycles. The Morgan fingerprint density at radius 2 is 2.00 bits per heavy atom. The van der Waals surface area contributed by atoms with Crippen molar-refractivity contribution < 1.29 is 29.3 Å². The van der Waals surface area contributed by atoms with Crippen LogP contribution in [0.4, 0.5) is 0 Å². The predicted octanol–water partition coefficient (Wildman–Crippen LogP) is 2.03. The van der Waals surface area contributed by atoms with Crippen molar-refractivity contribution in [3.63, 3.8) is 0 Å². The van der Waals surface area contributed by atoms with Crippen LogP contribution in [0.2, 0.25) is 0 Å². The van der Waals surface area contributed by atoms with E-state index >= 15 is 0 Å². The van der Waals surface area contributed by atoms with E-state index in [4.69, 9.17) is 9.47 Å². The summed E-state index contributed by atoms with van der Waals surface area (Å²) in [4.78, 5) is 24.4. The van der Waals surface area contributed by atoms with Gasteiger partial charge in [-0.15, -0.1) is 6.58 Å². The lowest BCUT2D eigenvalue weighted by Crippen LogP contribution is -2.60. The number of carbonyl (C=O) groups excluding carboxylic acids is 2. The second kappa shape index (κ2) is 9.26. The molecule has 0 heterocycles. The smallest absolute Gasteiger partial charge is 0.313 e. The standard InChI is InChI=1S/C21H28O6/c1-4-16-20(27-13-15-9-7-6-8-10-15)19(24)14(3)12-21(16,25)17(22)11-18(23)26-5-2/h4,6-10,14,16,19-20,24-25H,1,5,11-13H2,2-3H3/t14-,16+,19-,20-,21-/m1/s1. The van der Waals surface area contributed by atoms with E-state index in [0.29, 0.717) is 0 Å². The number of aliphatic hydroxyl groups is 2. The minimum absolute atomic E-state index is 0.0221. The summed E-state index contributed by atoms with van der Waals surface area (Å²) in [5, 5.41) is 21.8. The molecule has 0 radical (unpaired) electrons. The fourth-order valence-electron chi connectivity index (χ4n) is 3.65. The highest BCUT2D eigenvalue weighted by molar-refractivity contribution is 6.00. The van der Waals surface area contributed by atoms with Crippen molar-refractivity contribution in [2.45, 2.75) is 51.1 Å². The third-order valence-corrected chi connectivity index (χ3v) is 5.09. The molecule has 0 aromatic heterocycles. The van der Waals surface area contributed by atoms with Gasteiger partial charge in [-0.3, -0.25) is 9.59 Å². The number of hydrogen-bond acceptors (Lipinski definition) is 6. The van der Waals surface area contributed by atoms with E-state index in [2.05, 4.69) is 6.58 Å². The summed E-state index contributed by atoms with van der Waals surface area (Å²) in [6, 6.07) is 9.42. The molecule has 1 saturated carbocycles. The zero-order valence-electron chi connectivity index (χ0n) is 15.8. The van der Waals surface area contributed by atoms with E-state index in [-0.39, 0.29) is 19.6 Å². The molecule has 2 rings (SSSR count). The highest BCUT2D eigenvalue weighted by Gasteiger charge is 2.54. The van der Waals surface area contributed by atoms with Crippen LogP contribution in [-0.4, -0.2) is 46.4 Å². The minimum Gasteiger partial charge on any atom is -0.466 e. The number of rotatable bonds is 8. The summed E-state index contributed by atoms with van der Waals surface area (Å²) in [6.45, 7) is 7.50. The average molecular weight is 376 g/mol. The maximum absolute atomic E-state index is 12.7. The van der Waals surface area contributed by atoms with Gasteiger partial charge in [0.1, 0.15) is 12.0 Å². The van der Waals surface area contributed by atoms with Gasteiger partial charge in [-0.2, -0.15) is 0 Å². The molecule has 1 aliphatic rings. The molecule has 0 amide bonds. The lowest BCUT2D eigenvalue weighted by molar-refractivity contribution is -0.187. The van der Waals surface area contributed by atoms with E-state index in [1.165, 1.54) is 6.08 Å². The summed E-state index contributed by atoms with van der Waals surface area (Å²) in [5.74, 6) is -2.55. The van der Waals surface area contributed by atoms with Gasteiger partial charge in [0, 0.05) is 5.92 Å². The average Bonchev–Trinajstić information content (AvgIpc) is 2.64. The van der Waals surface area contributed by atoms with E-state index in [1.54, 1.807) is 13.8 Å². The van der Waals surface area contributed by atoms with Crippen LogP contribution in [0.1, 0.15) is 32.3 Å². The molecule has 0 saturated heterocycles. The van der Waals surface area contributed by atoms with Crippen LogP contribution in [0.15, 0.2) is 43.0 Å². The number of benzene rings is 1. The van der Waals surface area contributed by atoms with Crippen molar-refractivity contribution in [3.05, 3.63) is 48.6 Å². The Morgan fingerprint density at radius 3 is 2.59 bits per heavy atom. The van der Waals surface area contributed by atoms with Crippen LogP contribution in [0.5, 0.6) is 0 Å². The van der Waals surface area contributed by atoms with Gasteiger partial charge in [0.05, 0.1) is 25.4 Å². The molecular weight excluding hydrogens is 348 g/mol. The van der Waals surface area contributed by atoms with E-state index in [1.807, 2.05) is 30.3 Å². The SMILES string of the molecule is C=C[C@H]1[C@@H](OCc2ccccc2)[C@H](O)[C@H](C)C[C@]1(O)C(=O)CC(=O)OCC. The Bertz CT molecular complexity index is 658. The lowest BCUT2D eigenvalue weighted by Gasteiger charge is -2.47. The van der Waals surface area contributed by atoms with Gasteiger partial charge in [-0.05, 0) is 24.8 Å². The second-order valence-corrected chi connectivity index (χ2v) is 7.02. The Balaban J connectivity index is 2.21. The first-order valence-corrected chi connectivity index (χ1v) is 9.21. The van der Waals surface area contributed by atoms with Crippen molar-refractivity contribution in [1.82, 2.24) is 0 Å². The highest BCUT2D eigenvalue weighted by atomic mass is 16.5. The van der Waals surface area contributed by atoms with Crippen LogP contribution >= 0.6 is 0 Å². The number of ketones is 1. The molecule has 0 aliphatic heterocycles. The van der Waals surface area contributed by atoms with Gasteiger partial charge in [-0.25, -0.2) is 0 Å². The fraction of sp³-hybridized carbons (Fsp3) is 0.524. The normalized spacial score (nSPS) is 30.5. The molecule has 0 unspecified atom stereocenters. The number of Topliss-reactive ketones (excluding diaryl/α,β-unsaturated/α-hetero) is 1. The largest absolute Gasteiger partial charge is 0.466 e. The van der Waals surface area contributed by atoms with Crippen molar-refractivity contribution in [1.29, 1.82) is 0 Å². The van der Waals surface area contributed by atoms with Crippen molar-refractivity contribution in [2.24, 2.45) is 11.8 Å². The van der Waals surface area contributed by atoms with Crippen molar-refractivity contribution in [2.75, 3.05) is 6.61 Å². The minimum atomic E-state index is -1.84. The number of hydrogen-bond donors (Lipinski definition) is 2. The Kier molecular flexibility index (Phi) is 7.30. The Morgan fingerprint density at radius 1 is 1.33 bits per heavy atom. The Hall–Kier alpha value is -2.02. The lowest BCUT2D eigenvalue weighted by atomic mass is 9.66. The van der Waals surface area contributed by atoms with Crippen LogP contribution < -0.4 is 0 Å². The van der Waals surface area contributed by atoms with Gasteiger partial charge in [0.15, 0.2) is 5.78 Å². The van der Waals surface area contributed by atoms with E-state index in [9.17, 15) is 19.8 Å². The molecule has 6 nitrogen and oxygen atoms in total. The van der Waals surface area contributed by atoms with Gasteiger partial charge in [-0.1, -0.05) is 43.3 Å². The van der Waals surface area contributed by atoms with Crippen molar-refractivity contribution >= 4 is 11.8 Å². The summed E-state index contributed by atoms with van der Waals surface area (Å²) < 4.78 is 10.7. The summed E-state index contributed by atoms with van der Waals surface area (Å²) in [6.07, 6.45) is -0.764. The first-order chi connectivity index (χ1) is 12.8.